The van der Waals surface area contributed by atoms with Crippen molar-refractivity contribution in [3.63, 3.8) is 0 Å². The molecule has 0 heterocycles. The quantitative estimate of drug-likeness (QED) is 0.200. The molecule has 11 nitrogen and oxygen atoms in total. The maximum absolute atomic E-state index is 13.3. The lowest BCUT2D eigenvalue weighted by Gasteiger charge is -2.29. The second kappa shape index (κ2) is 14.8. The van der Waals surface area contributed by atoms with Crippen LogP contribution in [-0.2, 0) is 30.4 Å². The lowest BCUT2D eigenvalue weighted by Crippen LogP contribution is -2.59. The molecule has 0 spiro atoms. The fourth-order valence-corrected chi connectivity index (χ4v) is 3.46. The Morgan fingerprint density at radius 2 is 1.44 bits per heavy atom. The van der Waals surface area contributed by atoms with Crippen molar-refractivity contribution in [1.82, 2.24) is 16.0 Å². The average Bonchev–Trinajstić information content (AvgIpc) is 2.83. The Bertz CT molecular complexity index is 907. The molecule has 7 N–H and O–H groups in total. The molecular formula is C25H38N4O7. The highest BCUT2D eigenvalue weighted by molar-refractivity contribution is 5.94. The summed E-state index contributed by atoms with van der Waals surface area (Å²) in [6, 6.07) is 4.49. The van der Waals surface area contributed by atoms with Crippen molar-refractivity contribution in [3.05, 3.63) is 35.9 Å². The van der Waals surface area contributed by atoms with Crippen molar-refractivity contribution >= 4 is 29.7 Å². The number of benzene rings is 1. The second-order valence-electron chi connectivity index (χ2n) is 9.23. The van der Waals surface area contributed by atoms with Gasteiger partial charge in [0.1, 0.15) is 18.1 Å². The summed E-state index contributed by atoms with van der Waals surface area (Å²) in [5, 5.41) is 26.0. The Kier molecular flexibility index (Phi) is 12.6. The molecule has 11 heteroatoms. The van der Waals surface area contributed by atoms with Crippen molar-refractivity contribution < 1.29 is 34.2 Å². The third-order valence-corrected chi connectivity index (χ3v) is 5.95. The van der Waals surface area contributed by atoms with Crippen LogP contribution < -0.4 is 21.7 Å². The van der Waals surface area contributed by atoms with E-state index in [1.54, 1.807) is 51.1 Å². The average molecular weight is 507 g/mol. The van der Waals surface area contributed by atoms with Gasteiger partial charge < -0.3 is 31.9 Å². The summed E-state index contributed by atoms with van der Waals surface area (Å²) < 4.78 is 0. The summed E-state index contributed by atoms with van der Waals surface area (Å²) in [5.41, 5.74) is 6.55. The standard InChI is InChI=1S/C25H38N4O7/c1-5-15(4)21(24(34)28-20(14(2)3)25(35)36)29-23(33)18(13-16-9-7-6-8-10-16)27-22(32)17(26)11-12-19(30)31/h6-10,14-15,17-18,20-21H,5,11-13,26H2,1-4H3,(H,27,32)(H,28,34)(H,29,33)(H,30,31)(H,35,36). The largest absolute Gasteiger partial charge is 0.481 e. The number of carboxylic acid groups (broad SMARTS) is 2. The zero-order valence-electron chi connectivity index (χ0n) is 21.2. The fraction of sp³-hybridized carbons (Fsp3) is 0.560. The van der Waals surface area contributed by atoms with Gasteiger partial charge in [-0.15, -0.1) is 0 Å². The van der Waals surface area contributed by atoms with E-state index in [-0.39, 0.29) is 31.1 Å². The molecule has 5 atom stereocenters. The Morgan fingerprint density at radius 3 is 1.94 bits per heavy atom. The summed E-state index contributed by atoms with van der Waals surface area (Å²) in [6.07, 6.45) is 0.210. The van der Waals surface area contributed by atoms with Crippen molar-refractivity contribution in [2.45, 2.75) is 77.5 Å². The zero-order valence-corrected chi connectivity index (χ0v) is 21.2. The first-order valence-corrected chi connectivity index (χ1v) is 12.0. The number of hydrogen-bond acceptors (Lipinski definition) is 6. The molecule has 0 bridgehead atoms. The number of carboxylic acids is 2. The highest BCUT2D eigenvalue weighted by atomic mass is 16.4. The van der Waals surface area contributed by atoms with Gasteiger partial charge >= 0.3 is 11.9 Å². The predicted molar refractivity (Wildman–Crippen MR) is 133 cm³/mol. The van der Waals surface area contributed by atoms with Crippen LogP contribution in [0.25, 0.3) is 0 Å². The maximum Gasteiger partial charge on any atom is 0.326 e. The van der Waals surface area contributed by atoms with Gasteiger partial charge in [-0.3, -0.25) is 19.2 Å². The molecule has 0 aliphatic carbocycles. The number of nitrogens with one attached hydrogen (secondary N) is 3. The van der Waals surface area contributed by atoms with Crippen molar-refractivity contribution in [1.29, 1.82) is 0 Å². The van der Waals surface area contributed by atoms with Crippen LogP contribution in [0.2, 0.25) is 0 Å². The van der Waals surface area contributed by atoms with Crippen LogP contribution in [-0.4, -0.2) is 64.0 Å². The van der Waals surface area contributed by atoms with Crippen LogP contribution in [0.4, 0.5) is 0 Å². The number of aliphatic carboxylic acids is 2. The molecule has 1 aromatic carbocycles. The van der Waals surface area contributed by atoms with Crippen LogP contribution in [0.3, 0.4) is 0 Å². The smallest absolute Gasteiger partial charge is 0.326 e. The lowest BCUT2D eigenvalue weighted by molar-refractivity contribution is -0.144. The molecule has 0 aliphatic heterocycles. The molecule has 0 saturated heterocycles. The van der Waals surface area contributed by atoms with E-state index in [1.165, 1.54) is 0 Å². The number of amides is 3. The molecule has 5 unspecified atom stereocenters. The van der Waals surface area contributed by atoms with Crippen molar-refractivity contribution in [3.8, 4) is 0 Å². The van der Waals surface area contributed by atoms with Gasteiger partial charge in [0, 0.05) is 12.8 Å². The predicted octanol–water partition coefficient (Wildman–Crippen LogP) is 0.662. The fourth-order valence-electron chi connectivity index (χ4n) is 3.46. The van der Waals surface area contributed by atoms with Gasteiger partial charge in [-0.2, -0.15) is 0 Å². The summed E-state index contributed by atoms with van der Waals surface area (Å²) in [4.78, 5) is 61.3. The SMILES string of the molecule is CCC(C)C(NC(=O)C(Cc1ccccc1)NC(=O)C(N)CCC(=O)O)C(=O)NC(C(=O)O)C(C)C. The molecule has 1 aromatic rings. The molecule has 200 valence electrons. The van der Waals surface area contributed by atoms with Gasteiger partial charge in [-0.1, -0.05) is 64.4 Å². The molecule has 0 fully saturated rings. The second-order valence-corrected chi connectivity index (χ2v) is 9.23. The monoisotopic (exact) mass is 506 g/mol. The van der Waals surface area contributed by atoms with Gasteiger partial charge in [-0.25, -0.2) is 4.79 Å². The normalized spacial score (nSPS) is 15.2. The van der Waals surface area contributed by atoms with Crippen LogP contribution in [0, 0.1) is 11.8 Å². The van der Waals surface area contributed by atoms with Crippen LogP contribution >= 0.6 is 0 Å². The Hall–Kier alpha value is -3.47. The van der Waals surface area contributed by atoms with Crippen molar-refractivity contribution in [2.24, 2.45) is 17.6 Å². The van der Waals surface area contributed by atoms with Gasteiger partial charge in [-0.05, 0) is 23.8 Å². The topological polar surface area (TPSA) is 188 Å². The summed E-state index contributed by atoms with van der Waals surface area (Å²) in [5.74, 6) is -4.96. The van der Waals surface area contributed by atoms with Crippen molar-refractivity contribution in [2.75, 3.05) is 0 Å². The van der Waals surface area contributed by atoms with E-state index in [2.05, 4.69) is 16.0 Å². The van der Waals surface area contributed by atoms with E-state index in [4.69, 9.17) is 10.8 Å². The van der Waals surface area contributed by atoms with Crippen LogP contribution in [0.5, 0.6) is 0 Å². The number of carbonyl (C=O) groups is 5. The van der Waals surface area contributed by atoms with Gasteiger partial charge in [0.05, 0.1) is 6.04 Å². The Balaban J connectivity index is 3.12. The van der Waals surface area contributed by atoms with E-state index in [1.807, 2.05) is 6.92 Å². The zero-order chi connectivity index (χ0) is 27.4. The molecule has 0 aromatic heterocycles. The van der Waals surface area contributed by atoms with Gasteiger partial charge in [0.2, 0.25) is 17.7 Å². The molecule has 3 amide bonds. The first kappa shape index (κ1) is 30.6. The van der Waals surface area contributed by atoms with E-state index in [0.29, 0.717) is 6.42 Å². The molecule has 1 rings (SSSR count). The number of nitrogens with two attached hydrogens (primary N) is 1. The van der Waals surface area contributed by atoms with E-state index >= 15 is 0 Å². The molecular weight excluding hydrogens is 468 g/mol. The number of hydrogen-bond donors (Lipinski definition) is 6. The van der Waals surface area contributed by atoms with E-state index in [0.717, 1.165) is 5.56 Å². The first-order valence-electron chi connectivity index (χ1n) is 12.0. The third kappa shape index (κ3) is 10.0. The summed E-state index contributed by atoms with van der Waals surface area (Å²) in [6.45, 7) is 6.91. The molecule has 0 aliphatic rings. The van der Waals surface area contributed by atoms with Gasteiger partial charge in [0.25, 0.3) is 0 Å². The van der Waals surface area contributed by atoms with Crippen LogP contribution in [0.15, 0.2) is 30.3 Å². The maximum atomic E-state index is 13.3. The summed E-state index contributed by atoms with van der Waals surface area (Å²) >= 11 is 0. The van der Waals surface area contributed by atoms with E-state index < -0.39 is 53.8 Å². The number of carbonyl (C=O) groups excluding carboxylic acids is 3. The number of rotatable bonds is 15. The minimum absolute atomic E-state index is 0.0999. The summed E-state index contributed by atoms with van der Waals surface area (Å²) in [7, 11) is 0. The minimum atomic E-state index is -1.18. The van der Waals surface area contributed by atoms with Crippen LogP contribution in [0.1, 0.15) is 52.5 Å². The third-order valence-electron chi connectivity index (χ3n) is 5.95. The highest BCUT2D eigenvalue weighted by Crippen LogP contribution is 2.12. The molecule has 36 heavy (non-hydrogen) atoms. The lowest BCUT2D eigenvalue weighted by atomic mass is 9.95. The molecule has 0 saturated carbocycles. The first-order chi connectivity index (χ1) is 16.9. The Labute approximate surface area is 211 Å². The Morgan fingerprint density at radius 1 is 0.861 bits per heavy atom. The highest BCUT2D eigenvalue weighted by Gasteiger charge is 2.33. The van der Waals surface area contributed by atoms with E-state index in [9.17, 15) is 29.1 Å². The minimum Gasteiger partial charge on any atom is -0.481 e. The van der Waals surface area contributed by atoms with Gasteiger partial charge in [0.15, 0.2) is 0 Å². The molecule has 0 radical (unpaired) electrons.